The van der Waals surface area contributed by atoms with E-state index in [1.165, 1.54) is 11.1 Å². The van der Waals surface area contributed by atoms with Crippen molar-refractivity contribution in [3.05, 3.63) is 35.4 Å². The lowest BCUT2D eigenvalue weighted by atomic mass is 10.1. The maximum atomic E-state index is 5.32. The molecule has 0 amide bonds. The lowest BCUT2D eigenvalue weighted by molar-refractivity contribution is 0.131. The van der Waals surface area contributed by atoms with Crippen molar-refractivity contribution in [2.45, 2.75) is 26.9 Å². The predicted octanol–water partition coefficient (Wildman–Crippen LogP) is 2.13. The molecule has 0 atom stereocenters. The fraction of sp³-hybridized carbons (Fsp3) is 0.550. The molecule has 26 heavy (non-hydrogen) atoms. The molecule has 1 aromatic carbocycles. The smallest absolute Gasteiger partial charge is 0.192 e. The van der Waals surface area contributed by atoms with E-state index >= 15 is 0 Å². The fourth-order valence-electron chi connectivity index (χ4n) is 3.01. The molecule has 1 fully saturated rings. The monoisotopic (exact) mass is 469 g/mol. The summed E-state index contributed by atoms with van der Waals surface area (Å²) in [7, 11) is 0. The molecule has 1 saturated heterocycles. The number of terminal acetylenes is 1. The van der Waals surface area contributed by atoms with Crippen molar-refractivity contribution in [2.75, 3.05) is 45.8 Å². The van der Waals surface area contributed by atoms with Crippen LogP contribution in [-0.4, -0.2) is 61.6 Å². The molecule has 0 saturated carbocycles. The highest BCUT2D eigenvalue weighted by Crippen LogP contribution is 2.14. The number of piperazine rings is 1. The Bertz CT molecular complexity index is 588. The summed E-state index contributed by atoms with van der Waals surface area (Å²) in [6.07, 6.45) is 5.32. The third-order valence-corrected chi connectivity index (χ3v) is 4.53. The average Bonchev–Trinajstić information content (AvgIpc) is 2.65. The number of nitrogens with one attached hydrogen (secondary N) is 2. The second kappa shape index (κ2) is 13.0. The minimum atomic E-state index is 0. The molecule has 6 heteroatoms. The molecular formula is C20H32IN5. The maximum absolute atomic E-state index is 5.32. The van der Waals surface area contributed by atoms with Crippen LogP contribution in [0.1, 0.15) is 25.0 Å². The van der Waals surface area contributed by atoms with Crippen LogP contribution in [0.3, 0.4) is 0 Å². The Kier molecular flexibility index (Phi) is 11.3. The van der Waals surface area contributed by atoms with Gasteiger partial charge in [-0.2, -0.15) is 0 Å². The van der Waals surface area contributed by atoms with Crippen LogP contribution in [0.4, 0.5) is 0 Å². The van der Waals surface area contributed by atoms with Crippen molar-refractivity contribution in [3.63, 3.8) is 0 Å². The van der Waals surface area contributed by atoms with Crippen LogP contribution in [0.25, 0.3) is 0 Å². The second-order valence-corrected chi connectivity index (χ2v) is 6.23. The molecular weight excluding hydrogens is 437 g/mol. The topological polar surface area (TPSA) is 42.9 Å². The molecule has 0 bridgehead atoms. The molecule has 5 nitrogen and oxygen atoms in total. The number of guanidine groups is 1. The van der Waals surface area contributed by atoms with Gasteiger partial charge in [-0.1, -0.05) is 37.1 Å². The molecule has 1 aliphatic rings. The van der Waals surface area contributed by atoms with Crippen molar-refractivity contribution in [1.29, 1.82) is 0 Å². The summed E-state index contributed by atoms with van der Waals surface area (Å²) in [6.45, 7) is 13.0. The van der Waals surface area contributed by atoms with E-state index in [1.54, 1.807) is 0 Å². The molecule has 1 heterocycles. The Labute approximate surface area is 175 Å². The van der Waals surface area contributed by atoms with Crippen LogP contribution < -0.4 is 10.6 Å². The number of hydrogen-bond donors (Lipinski definition) is 2. The van der Waals surface area contributed by atoms with Gasteiger partial charge in [-0.05, 0) is 24.6 Å². The van der Waals surface area contributed by atoms with Crippen LogP contribution in [0.2, 0.25) is 0 Å². The number of nitrogens with zero attached hydrogens (tertiary/aromatic N) is 3. The van der Waals surface area contributed by atoms with Gasteiger partial charge >= 0.3 is 0 Å². The lowest BCUT2D eigenvalue weighted by Crippen LogP contribution is -2.45. The van der Waals surface area contributed by atoms with E-state index in [9.17, 15) is 0 Å². The van der Waals surface area contributed by atoms with Gasteiger partial charge in [0.15, 0.2) is 5.96 Å². The van der Waals surface area contributed by atoms with E-state index in [4.69, 9.17) is 6.42 Å². The highest BCUT2D eigenvalue weighted by atomic mass is 127. The minimum Gasteiger partial charge on any atom is -0.357 e. The standard InChI is InChI=1S/C20H31N5.HI/c1-4-11-22-20(21-5-2)23-16-18-9-7-8-10-19(18)17-25-14-12-24(6-3)13-15-25;/h1,7-10H,5-6,11-17H2,2-3H3,(H2,21,22,23);1H. The third-order valence-electron chi connectivity index (χ3n) is 4.53. The first-order valence-corrected chi connectivity index (χ1v) is 9.24. The van der Waals surface area contributed by atoms with Crippen molar-refractivity contribution < 1.29 is 0 Å². The zero-order valence-corrected chi connectivity index (χ0v) is 18.3. The first kappa shape index (κ1) is 22.7. The molecule has 1 aromatic rings. The van der Waals surface area contributed by atoms with E-state index in [1.807, 2.05) is 0 Å². The Morgan fingerprint density at radius 1 is 1.08 bits per heavy atom. The second-order valence-electron chi connectivity index (χ2n) is 6.23. The summed E-state index contributed by atoms with van der Waals surface area (Å²) in [4.78, 5) is 9.72. The number of halogens is 1. The Hall–Kier alpha value is -1.30. The highest BCUT2D eigenvalue weighted by Gasteiger charge is 2.16. The number of likely N-dealkylation sites (N-methyl/N-ethyl adjacent to an activating group) is 1. The summed E-state index contributed by atoms with van der Waals surface area (Å²) >= 11 is 0. The van der Waals surface area contributed by atoms with E-state index in [0.717, 1.165) is 51.8 Å². The maximum Gasteiger partial charge on any atom is 0.192 e. The Balaban J connectivity index is 0.00000338. The molecule has 0 aliphatic carbocycles. The lowest BCUT2D eigenvalue weighted by Gasteiger charge is -2.34. The number of rotatable bonds is 7. The van der Waals surface area contributed by atoms with Crippen molar-refractivity contribution in [3.8, 4) is 12.3 Å². The molecule has 0 spiro atoms. The Morgan fingerprint density at radius 3 is 2.35 bits per heavy atom. The van der Waals surface area contributed by atoms with Crippen LogP contribution >= 0.6 is 24.0 Å². The summed E-state index contributed by atoms with van der Waals surface area (Å²) < 4.78 is 0. The zero-order valence-electron chi connectivity index (χ0n) is 16.0. The van der Waals surface area contributed by atoms with Gasteiger partial charge in [0.1, 0.15) is 0 Å². The van der Waals surface area contributed by atoms with Crippen LogP contribution in [0.5, 0.6) is 0 Å². The van der Waals surface area contributed by atoms with Crippen LogP contribution in [-0.2, 0) is 13.1 Å². The zero-order chi connectivity index (χ0) is 17.9. The van der Waals surface area contributed by atoms with E-state index in [2.05, 4.69) is 69.5 Å². The van der Waals surface area contributed by atoms with Crippen molar-refractivity contribution in [1.82, 2.24) is 20.4 Å². The molecule has 144 valence electrons. The fourth-order valence-corrected chi connectivity index (χ4v) is 3.01. The number of aliphatic imine (C=N–C) groups is 1. The SMILES string of the molecule is C#CCNC(=NCc1ccccc1CN1CCN(CC)CC1)NCC.I. The van der Waals surface area contributed by atoms with Gasteiger partial charge < -0.3 is 15.5 Å². The third kappa shape index (κ3) is 7.52. The largest absolute Gasteiger partial charge is 0.357 e. The quantitative estimate of drug-likeness (QED) is 0.278. The summed E-state index contributed by atoms with van der Waals surface area (Å²) in [5.74, 6) is 3.36. The number of benzene rings is 1. The molecule has 1 aliphatic heterocycles. The van der Waals surface area contributed by atoms with Gasteiger partial charge in [0, 0.05) is 39.3 Å². The molecule has 2 N–H and O–H groups in total. The minimum absolute atomic E-state index is 0. The average molecular weight is 469 g/mol. The van der Waals surface area contributed by atoms with Crippen molar-refractivity contribution in [2.24, 2.45) is 4.99 Å². The predicted molar refractivity (Wildman–Crippen MR) is 121 cm³/mol. The normalized spacial score (nSPS) is 15.8. The van der Waals surface area contributed by atoms with Crippen LogP contribution in [0, 0.1) is 12.3 Å². The summed E-state index contributed by atoms with van der Waals surface area (Å²) in [5, 5.41) is 6.37. The van der Waals surface area contributed by atoms with Gasteiger partial charge in [0.05, 0.1) is 13.1 Å². The molecule has 0 radical (unpaired) electrons. The van der Waals surface area contributed by atoms with E-state index in [-0.39, 0.29) is 24.0 Å². The van der Waals surface area contributed by atoms with Gasteiger partial charge in [0.2, 0.25) is 0 Å². The molecule has 0 unspecified atom stereocenters. The highest BCUT2D eigenvalue weighted by molar-refractivity contribution is 14.0. The van der Waals surface area contributed by atoms with E-state index in [0.29, 0.717) is 13.1 Å². The van der Waals surface area contributed by atoms with Gasteiger partial charge in [-0.15, -0.1) is 30.4 Å². The Morgan fingerprint density at radius 2 is 1.73 bits per heavy atom. The number of hydrogen-bond acceptors (Lipinski definition) is 3. The summed E-state index contributed by atoms with van der Waals surface area (Å²) in [5.41, 5.74) is 2.64. The van der Waals surface area contributed by atoms with Crippen LogP contribution in [0.15, 0.2) is 29.3 Å². The van der Waals surface area contributed by atoms with Gasteiger partial charge in [0.25, 0.3) is 0 Å². The summed E-state index contributed by atoms with van der Waals surface area (Å²) in [6, 6.07) is 8.60. The molecule has 2 rings (SSSR count). The first-order chi connectivity index (χ1) is 12.3. The van der Waals surface area contributed by atoms with Gasteiger partial charge in [-0.25, -0.2) is 4.99 Å². The van der Waals surface area contributed by atoms with Crippen molar-refractivity contribution >= 4 is 29.9 Å². The van der Waals surface area contributed by atoms with E-state index < -0.39 is 0 Å². The van der Waals surface area contributed by atoms with Gasteiger partial charge in [-0.3, -0.25) is 4.90 Å². The first-order valence-electron chi connectivity index (χ1n) is 9.24. The molecule has 0 aromatic heterocycles.